The molecule has 0 saturated carbocycles. The number of aromatic nitrogens is 2. The standard InChI is InChI=1S/C31H36F2N6O/c1-21-7-4-9-23-10-5-11-27(28(21)23)38-14-12-25-26(18-38)35-30(40-19-24-15-31(32,33)20-37(24)3)36-29(25)39-13-6-8-22(17-39)16-34-2/h4-5,7,9-11,22,24H,6,8,12-20H2,1,3H3/t22-,24-/m0/s1. The summed E-state index contributed by atoms with van der Waals surface area (Å²) in [6, 6.07) is 12.7. The molecular formula is C31H36F2N6O. The van der Waals surface area contributed by atoms with E-state index in [0.717, 1.165) is 56.0 Å². The number of piperidine rings is 1. The molecule has 7 nitrogen and oxygen atoms in total. The second-order valence-corrected chi connectivity index (χ2v) is 11.6. The van der Waals surface area contributed by atoms with Gasteiger partial charge in [-0.25, -0.2) is 15.4 Å². The maximum absolute atomic E-state index is 14.0. The predicted octanol–water partition coefficient (Wildman–Crippen LogP) is 5.35. The molecule has 0 bridgehead atoms. The van der Waals surface area contributed by atoms with Crippen molar-refractivity contribution < 1.29 is 13.5 Å². The molecule has 3 aliphatic rings. The van der Waals surface area contributed by atoms with Gasteiger partial charge in [0.1, 0.15) is 12.4 Å². The van der Waals surface area contributed by atoms with Gasteiger partial charge in [-0.1, -0.05) is 30.3 Å². The minimum absolute atomic E-state index is 0.122. The summed E-state index contributed by atoms with van der Waals surface area (Å²) in [4.78, 5) is 19.7. The lowest BCUT2D eigenvalue weighted by atomic mass is 9.96. The first kappa shape index (κ1) is 26.7. The summed E-state index contributed by atoms with van der Waals surface area (Å²) >= 11 is 0. The summed E-state index contributed by atoms with van der Waals surface area (Å²) in [7, 11) is 1.71. The monoisotopic (exact) mass is 546 g/mol. The van der Waals surface area contributed by atoms with E-state index in [4.69, 9.17) is 21.3 Å². The molecule has 1 aromatic heterocycles. The fraction of sp³-hybridized carbons (Fsp3) is 0.516. The van der Waals surface area contributed by atoms with E-state index < -0.39 is 5.92 Å². The maximum atomic E-state index is 14.0. The zero-order chi connectivity index (χ0) is 27.9. The van der Waals surface area contributed by atoms with Crippen molar-refractivity contribution in [1.29, 1.82) is 0 Å². The van der Waals surface area contributed by atoms with E-state index in [1.54, 1.807) is 11.9 Å². The minimum Gasteiger partial charge on any atom is -0.462 e. The number of hydrogen-bond donors (Lipinski definition) is 0. The lowest BCUT2D eigenvalue weighted by Gasteiger charge is -2.36. The van der Waals surface area contributed by atoms with E-state index in [0.29, 0.717) is 19.0 Å². The molecule has 2 aromatic carbocycles. The van der Waals surface area contributed by atoms with Gasteiger partial charge in [0, 0.05) is 54.7 Å². The molecule has 2 fully saturated rings. The van der Waals surface area contributed by atoms with Gasteiger partial charge in [0.2, 0.25) is 6.54 Å². The lowest BCUT2D eigenvalue weighted by Crippen LogP contribution is -2.39. The lowest BCUT2D eigenvalue weighted by molar-refractivity contribution is 0.0136. The molecule has 9 heteroatoms. The Morgan fingerprint density at radius 2 is 1.95 bits per heavy atom. The minimum atomic E-state index is -2.70. The van der Waals surface area contributed by atoms with Crippen LogP contribution in [0.2, 0.25) is 0 Å². The Labute approximate surface area is 234 Å². The van der Waals surface area contributed by atoms with Gasteiger partial charge in [-0.3, -0.25) is 4.90 Å². The quantitative estimate of drug-likeness (QED) is 0.389. The highest BCUT2D eigenvalue weighted by molar-refractivity contribution is 5.97. The van der Waals surface area contributed by atoms with E-state index in [1.165, 1.54) is 22.0 Å². The van der Waals surface area contributed by atoms with Crippen LogP contribution in [0.25, 0.3) is 15.6 Å². The maximum Gasteiger partial charge on any atom is 0.318 e. The Kier molecular flexibility index (Phi) is 7.22. The molecule has 40 heavy (non-hydrogen) atoms. The van der Waals surface area contributed by atoms with Crippen molar-refractivity contribution in [3.8, 4) is 6.01 Å². The van der Waals surface area contributed by atoms with Gasteiger partial charge >= 0.3 is 6.01 Å². The van der Waals surface area contributed by atoms with Crippen LogP contribution in [0.15, 0.2) is 36.4 Å². The highest BCUT2D eigenvalue weighted by Crippen LogP contribution is 2.37. The topological polar surface area (TPSA) is 49.1 Å². The Bertz CT molecular complexity index is 1430. The fourth-order valence-corrected chi connectivity index (χ4v) is 6.64. The Hall–Kier alpha value is -3.51. The van der Waals surface area contributed by atoms with Crippen LogP contribution in [-0.4, -0.2) is 73.2 Å². The molecule has 0 radical (unpaired) electrons. The van der Waals surface area contributed by atoms with Crippen molar-refractivity contribution in [2.45, 2.75) is 51.1 Å². The van der Waals surface area contributed by atoms with Crippen LogP contribution in [0, 0.1) is 19.4 Å². The average Bonchev–Trinajstić information content (AvgIpc) is 3.22. The third-order valence-corrected chi connectivity index (χ3v) is 8.67. The SMILES string of the molecule is [C-]#[N+]C[C@@H]1CCCN(c2nc(OC[C@@H]3CC(F)(F)CN3C)nc3c2CCN(c2cccc4cccc(C)c24)C3)C1. The average molecular weight is 547 g/mol. The number of alkyl halides is 2. The highest BCUT2D eigenvalue weighted by atomic mass is 19.3. The number of halogens is 2. The second kappa shape index (κ2) is 10.8. The van der Waals surface area contributed by atoms with E-state index in [2.05, 4.69) is 58.0 Å². The summed E-state index contributed by atoms with van der Waals surface area (Å²) in [5.74, 6) is -1.50. The number of ether oxygens (including phenoxy) is 1. The van der Waals surface area contributed by atoms with Crippen molar-refractivity contribution in [2.24, 2.45) is 5.92 Å². The van der Waals surface area contributed by atoms with Crippen LogP contribution in [-0.2, 0) is 13.0 Å². The molecule has 0 unspecified atom stereocenters. The molecule has 3 aromatic rings. The van der Waals surface area contributed by atoms with Crippen molar-refractivity contribution in [1.82, 2.24) is 14.9 Å². The molecule has 2 atom stereocenters. The third-order valence-electron chi connectivity index (χ3n) is 8.67. The van der Waals surface area contributed by atoms with Gasteiger partial charge in [0.05, 0.1) is 18.8 Å². The van der Waals surface area contributed by atoms with Gasteiger partial charge in [0.15, 0.2) is 0 Å². The third kappa shape index (κ3) is 5.29. The van der Waals surface area contributed by atoms with E-state index in [1.807, 2.05) is 0 Å². The second-order valence-electron chi connectivity index (χ2n) is 11.6. The summed E-state index contributed by atoms with van der Waals surface area (Å²) in [6.45, 7) is 13.0. The van der Waals surface area contributed by atoms with Gasteiger partial charge in [0.25, 0.3) is 5.92 Å². The Morgan fingerprint density at radius 1 is 1.12 bits per heavy atom. The molecule has 2 saturated heterocycles. The van der Waals surface area contributed by atoms with Crippen molar-refractivity contribution in [3.63, 3.8) is 0 Å². The molecule has 4 heterocycles. The molecule has 3 aliphatic heterocycles. The highest BCUT2D eigenvalue weighted by Gasteiger charge is 2.43. The normalized spacial score (nSPS) is 22.8. The van der Waals surface area contributed by atoms with Crippen molar-refractivity contribution >= 4 is 22.3 Å². The number of anilines is 2. The van der Waals surface area contributed by atoms with Crippen LogP contribution < -0.4 is 14.5 Å². The Balaban J connectivity index is 1.33. The largest absolute Gasteiger partial charge is 0.462 e. The number of likely N-dealkylation sites (N-methyl/N-ethyl adjacent to an activating group) is 1. The molecule has 0 amide bonds. The first-order chi connectivity index (χ1) is 19.3. The first-order valence-corrected chi connectivity index (χ1v) is 14.2. The Morgan fingerprint density at radius 3 is 2.73 bits per heavy atom. The number of benzene rings is 2. The van der Waals surface area contributed by atoms with Crippen LogP contribution in [0.5, 0.6) is 6.01 Å². The van der Waals surface area contributed by atoms with Gasteiger partial charge in [-0.15, -0.1) is 0 Å². The summed E-state index contributed by atoms with van der Waals surface area (Å²) in [6.07, 6.45) is 2.64. The summed E-state index contributed by atoms with van der Waals surface area (Å²) < 4.78 is 34.0. The molecule has 6 rings (SSSR count). The fourth-order valence-electron chi connectivity index (χ4n) is 6.64. The van der Waals surface area contributed by atoms with Crippen LogP contribution in [0.3, 0.4) is 0 Å². The van der Waals surface area contributed by atoms with Crippen molar-refractivity contribution in [2.75, 3.05) is 56.2 Å². The molecule has 210 valence electrons. The van der Waals surface area contributed by atoms with Gasteiger partial charge < -0.3 is 19.4 Å². The smallest absolute Gasteiger partial charge is 0.318 e. The number of hydrogen-bond acceptors (Lipinski definition) is 6. The van der Waals surface area contributed by atoms with Gasteiger partial charge in [-0.05, 0) is 50.2 Å². The van der Waals surface area contributed by atoms with Gasteiger partial charge in [-0.2, -0.15) is 9.97 Å². The molecule has 0 spiro atoms. The van der Waals surface area contributed by atoms with E-state index in [-0.39, 0.29) is 31.6 Å². The number of rotatable bonds is 6. The van der Waals surface area contributed by atoms with Crippen LogP contribution >= 0.6 is 0 Å². The molecule has 0 N–H and O–H groups in total. The zero-order valence-corrected chi connectivity index (χ0v) is 23.2. The van der Waals surface area contributed by atoms with Crippen LogP contribution in [0.1, 0.15) is 36.1 Å². The van der Waals surface area contributed by atoms with Crippen LogP contribution in [0.4, 0.5) is 20.3 Å². The number of fused-ring (bicyclic) bond motifs is 2. The number of nitrogens with zero attached hydrogens (tertiary/aromatic N) is 6. The van der Waals surface area contributed by atoms with E-state index in [9.17, 15) is 8.78 Å². The number of aryl methyl sites for hydroxylation is 1. The number of likely N-dealkylation sites (tertiary alicyclic amines) is 1. The summed E-state index contributed by atoms with van der Waals surface area (Å²) in [5, 5.41) is 2.47. The van der Waals surface area contributed by atoms with Crippen molar-refractivity contribution in [3.05, 3.63) is 64.6 Å². The van der Waals surface area contributed by atoms with E-state index >= 15 is 0 Å². The first-order valence-electron chi connectivity index (χ1n) is 14.2. The molecule has 0 aliphatic carbocycles. The predicted molar refractivity (Wildman–Crippen MR) is 153 cm³/mol. The molecular weight excluding hydrogens is 510 g/mol. The summed E-state index contributed by atoms with van der Waals surface area (Å²) in [5.41, 5.74) is 4.49. The zero-order valence-electron chi connectivity index (χ0n) is 23.2.